The lowest BCUT2D eigenvalue weighted by Crippen LogP contribution is -1.90. The van der Waals surface area contributed by atoms with Crippen LogP contribution in [-0.4, -0.2) is 0 Å². The molecule has 0 amide bonds. The van der Waals surface area contributed by atoms with Gasteiger partial charge in [0.15, 0.2) is 0 Å². The molecule has 0 fully saturated rings. The first-order valence-electron chi connectivity index (χ1n) is 4.17. The van der Waals surface area contributed by atoms with Crippen molar-refractivity contribution in [1.29, 1.82) is 5.26 Å². The highest BCUT2D eigenvalue weighted by atomic mass is 14.2. The predicted molar refractivity (Wildman–Crippen MR) is 49.9 cm³/mol. The van der Waals surface area contributed by atoms with E-state index in [1.807, 2.05) is 0 Å². The van der Waals surface area contributed by atoms with Gasteiger partial charge in [-0.15, -0.1) is 0 Å². The molecule has 0 radical (unpaired) electrons. The van der Waals surface area contributed by atoms with E-state index < -0.39 is 0 Å². The summed E-state index contributed by atoms with van der Waals surface area (Å²) >= 11 is 0. The van der Waals surface area contributed by atoms with Gasteiger partial charge in [0.05, 0.1) is 6.07 Å². The van der Waals surface area contributed by atoms with E-state index in [0.717, 1.165) is 6.42 Å². The van der Waals surface area contributed by atoms with Crippen molar-refractivity contribution in [3.8, 4) is 6.07 Å². The Kier molecular flexibility index (Phi) is 2.88. The summed E-state index contributed by atoms with van der Waals surface area (Å²) in [6.45, 7) is 4.22. The van der Waals surface area contributed by atoms with Crippen LogP contribution in [0.15, 0.2) is 18.2 Å². The molecule has 0 aliphatic rings. The third-order valence-corrected chi connectivity index (χ3v) is 2.22. The molecule has 0 aliphatic carbocycles. The fourth-order valence-corrected chi connectivity index (χ4v) is 1.27. The Balaban J connectivity index is 2.86. The van der Waals surface area contributed by atoms with Gasteiger partial charge < -0.3 is 0 Å². The van der Waals surface area contributed by atoms with Crippen molar-refractivity contribution in [2.24, 2.45) is 0 Å². The molecule has 0 spiro atoms. The highest BCUT2D eigenvalue weighted by Crippen LogP contribution is 2.13. The molecular formula is C11H13N. The standard InChI is InChI=1S/C11H13N/c1-9-5-3-6-11(10(9)2)7-4-8-12/h3,5-6H,4,7H2,1-2H3. The van der Waals surface area contributed by atoms with Crippen molar-refractivity contribution >= 4 is 0 Å². The number of nitriles is 1. The fraction of sp³-hybridized carbons (Fsp3) is 0.364. The van der Waals surface area contributed by atoms with E-state index >= 15 is 0 Å². The lowest BCUT2D eigenvalue weighted by atomic mass is 10.0. The van der Waals surface area contributed by atoms with Crippen molar-refractivity contribution in [3.05, 3.63) is 34.9 Å². The Hall–Kier alpha value is -1.29. The highest BCUT2D eigenvalue weighted by molar-refractivity contribution is 5.33. The van der Waals surface area contributed by atoms with Gasteiger partial charge in [-0.05, 0) is 37.0 Å². The topological polar surface area (TPSA) is 23.8 Å². The average Bonchev–Trinajstić information content (AvgIpc) is 2.08. The van der Waals surface area contributed by atoms with Crippen LogP contribution in [0, 0.1) is 25.2 Å². The number of hydrogen-bond donors (Lipinski definition) is 0. The Labute approximate surface area is 73.6 Å². The molecule has 0 N–H and O–H groups in total. The maximum absolute atomic E-state index is 8.44. The van der Waals surface area contributed by atoms with Crippen LogP contribution < -0.4 is 0 Å². The summed E-state index contributed by atoms with van der Waals surface area (Å²) in [6.07, 6.45) is 1.49. The summed E-state index contributed by atoms with van der Waals surface area (Å²) in [5.41, 5.74) is 3.94. The van der Waals surface area contributed by atoms with E-state index in [1.54, 1.807) is 0 Å². The Morgan fingerprint density at radius 2 is 2.08 bits per heavy atom. The lowest BCUT2D eigenvalue weighted by molar-refractivity contribution is 0.991. The molecule has 0 aromatic heterocycles. The minimum absolute atomic E-state index is 0.615. The summed E-state index contributed by atoms with van der Waals surface area (Å²) in [5.74, 6) is 0. The third-order valence-electron chi connectivity index (χ3n) is 2.22. The van der Waals surface area contributed by atoms with Gasteiger partial charge in [-0.1, -0.05) is 18.2 Å². The van der Waals surface area contributed by atoms with Gasteiger partial charge in [-0.3, -0.25) is 0 Å². The van der Waals surface area contributed by atoms with Crippen molar-refractivity contribution in [2.75, 3.05) is 0 Å². The van der Waals surface area contributed by atoms with E-state index in [9.17, 15) is 0 Å². The first-order valence-corrected chi connectivity index (χ1v) is 4.17. The molecule has 0 atom stereocenters. The zero-order chi connectivity index (χ0) is 8.97. The molecule has 1 rings (SSSR count). The van der Waals surface area contributed by atoms with Crippen LogP contribution in [-0.2, 0) is 6.42 Å². The Morgan fingerprint density at radius 1 is 1.33 bits per heavy atom. The van der Waals surface area contributed by atoms with Gasteiger partial charge >= 0.3 is 0 Å². The second-order valence-corrected chi connectivity index (χ2v) is 3.02. The van der Waals surface area contributed by atoms with Gasteiger partial charge in [0.2, 0.25) is 0 Å². The molecule has 0 heterocycles. The first kappa shape index (κ1) is 8.80. The van der Waals surface area contributed by atoms with E-state index in [-0.39, 0.29) is 0 Å². The van der Waals surface area contributed by atoms with Gasteiger partial charge in [-0.2, -0.15) is 5.26 Å². The van der Waals surface area contributed by atoms with Crippen molar-refractivity contribution in [3.63, 3.8) is 0 Å². The summed E-state index contributed by atoms with van der Waals surface area (Å²) in [6, 6.07) is 8.41. The summed E-state index contributed by atoms with van der Waals surface area (Å²) in [4.78, 5) is 0. The molecule has 0 bridgehead atoms. The van der Waals surface area contributed by atoms with Gasteiger partial charge in [0, 0.05) is 6.42 Å². The van der Waals surface area contributed by atoms with Crippen LogP contribution in [0.5, 0.6) is 0 Å². The Bertz CT molecular complexity index is 307. The lowest BCUT2D eigenvalue weighted by Gasteiger charge is -2.05. The molecule has 0 saturated heterocycles. The third kappa shape index (κ3) is 1.85. The maximum atomic E-state index is 8.44. The number of nitrogens with zero attached hydrogens (tertiary/aromatic N) is 1. The van der Waals surface area contributed by atoms with Crippen molar-refractivity contribution in [2.45, 2.75) is 26.7 Å². The SMILES string of the molecule is Cc1cccc(CCC#N)c1C. The number of hydrogen-bond acceptors (Lipinski definition) is 1. The highest BCUT2D eigenvalue weighted by Gasteiger charge is 1.98. The number of benzene rings is 1. The van der Waals surface area contributed by atoms with E-state index in [4.69, 9.17) is 5.26 Å². The number of aryl methyl sites for hydroxylation is 2. The summed E-state index contributed by atoms with van der Waals surface area (Å²) < 4.78 is 0. The van der Waals surface area contributed by atoms with E-state index in [1.165, 1.54) is 16.7 Å². The predicted octanol–water partition coefficient (Wildman–Crippen LogP) is 2.76. The quantitative estimate of drug-likeness (QED) is 0.651. The molecule has 1 aromatic rings. The molecule has 0 aliphatic heterocycles. The fourth-order valence-electron chi connectivity index (χ4n) is 1.27. The largest absolute Gasteiger partial charge is 0.198 e. The molecule has 0 saturated carbocycles. The van der Waals surface area contributed by atoms with Crippen LogP contribution in [0.4, 0.5) is 0 Å². The molecule has 12 heavy (non-hydrogen) atoms. The molecule has 62 valence electrons. The summed E-state index contributed by atoms with van der Waals surface area (Å²) in [5, 5.41) is 8.44. The average molecular weight is 159 g/mol. The van der Waals surface area contributed by atoms with Crippen LogP contribution in [0.3, 0.4) is 0 Å². The van der Waals surface area contributed by atoms with E-state index in [2.05, 4.69) is 38.1 Å². The minimum atomic E-state index is 0.615. The van der Waals surface area contributed by atoms with Gasteiger partial charge in [-0.25, -0.2) is 0 Å². The van der Waals surface area contributed by atoms with Gasteiger partial charge in [0.25, 0.3) is 0 Å². The summed E-state index contributed by atoms with van der Waals surface area (Å²) in [7, 11) is 0. The van der Waals surface area contributed by atoms with E-state index in [0.29, 0.717) is 6.42 Å². The molecule has 0 unspecified atom stereocenters. The van der Waals surface area contributed by atoms with Crippen LogP contribution in [0.1, 0.15) is 23.1 Å². The first-order chi connectivity index (χ1) is 5.75. The maximum Gasteiger partial charge on any atom is 0.0625 e. The zero-order valence-corrected chi connectivity index (χ0v) is 7.59. The zero-order valence-electron chi connectivity index (χ0n) is 7.59. The minimum Gasteiger partial charge on any atom is -0.198 e. The second kappa shape index (κ2) is 3.92. The normalized spacial score (nSPS) is 9.42. The Morgan fingerprint density at radius 3 is 2.75 bits per heavy atom. The van der Waals surface area contributed by atoms with Crippen molar-refractivity contribution in [1.82, 2.24) is 0 Å². The molecule has 1 heteroatoms. The van der Waals surface area contributed by atoms with Crippen molar-refractivity contribution < 1.29 is 0 Å². The molecule has 1 aromatic carbocycles. The second-order valence-electron chi connectivity index (χ2n) is 3.02. The van der Waals surface area contributed by atoms with Crippen LogP contribution in [0.2, 0.25) is 0 Å². The van der Waals surface area contributed by atoms with Crippen LogP contribution >= 0.6 is 0 Å². The molecular weight excluding hydrogens is 146 g/mol. The van der Waals surface area contributed by atoms with Crippen LogP contribution in [0.25, 0.3) is 0 Å². The smallest absolute Gasteiger partial charge is 0.0625 e. The molecule has 1 nitrogen and oxygen atoms in total. The number of rotatable bonds is 2. The van der Waals surface area contributed by atoms with Gasteiger partial charge in [0.1, 0.15) is 0 Å². The monoisotopic (exact) mass is 159 g/mol.